The van der Waals surface area contributed by atoms with Gasteiger partial charge in [0.2, 0.25) is 0 Å². The molecule has 0 saturated carbocycles. The van der Waals surface area contributed by atoms with Crippen molar-refractivity contribution >= 4 is 17.9 Å². The maximum Gasteiger partial charge on any atom is 1.00 e. The summed E-state index contributed by atoms with van der Waals surface area (Å²) in [6, 6.07) is 0. The molecule has 8 heteroatoms. The average molecular weight is 216 g/mol. The normalized spacial score (nSPS) is 11.1. The van der Waals surface area contributed by atoms with Gasteiger partial charge in [0.25, 0.3) is 0 Å². The SMILES string of the molecule is O=C(O)COC(CC(=O)O)C(=O)O.[H-].[Na+]. The van der Waals surface area contributed by atoms with Crippen molar-refractivity contribution in [1.82, 2.24) is 0 Å². The van der Waals surface area contributed by atoms with E-state index in [9.17, 15) is 14.4 Å². The molecule has 0 aliphatic rings. The van der Waals surface area contributed by atoms with Crippen LogP contribution in [0.2, 0.25) is 0 Å². The summed E-state index contributed by atoms with van der Waals surface area (Å²) < 4.78 is 4.30. The minimum atomic E-state index is -1.62. The summed E-state index contributed by atoms with van der Waals surface area (Å²) >= 11 is 0. The zero-order valence-corrected chi connectivity index (χ0v) is 9.47. The minimum absolute atomic E-state index is 0. The van der Waals surface area contributed by atoms with Gasteiger partial charge < -0.3 is 21.5 Å². The second kappa shape index (κ2) is 7.74. The van der Waals surface area contributed by atoms with E-state index in [1.54, 1.807) is 0 Å². The van der Waals surface area contributed by atoms with E-state index in [0.29, 0.717) is 0 Å². The predicted molar refractivity (Wildman–Crippen MR) is 38.4 cm³/mol. The average Bonchev–Trinajstić information content (AvgIpc) is 1.96. The van der Waals surface area contributed by atoms with E-state index in [1.165, 1.54) is 0 Å². The smallest absolute Gasteiger partial charge is 1.00 e. The summed E-state index contributed by atoms with van der Waals surface area (Å²) in [4.78, 5) is 30.3. The standard InChI is InChI=1S/C6H8O7.Na.H/c7-4(8)1-3(6(11)12)13-2-5(9)10;;/h3H,1-2H2,(H,7,8)(H,9,10)(H,11,12);;/q;+1;-1. The largest absolute Gasteiger partial charge is 1.00 e. The van der Waals surface area contributed by atoms with Crippen LogP contribution in [0.1, 0.15) is 7.85 Å². The summed E-state index contributed by atoms with van der Waals surface area (Å²) in [7, 11) is 0. The molecular weight excluding hydrogens is 207 g/mol. The van der Waals surface area contributed by atoms with Gasteiger partial charge in [-0.1, -0.05) is 0 Å². The second-order valence-electron chi connectivity index (χ2n) is 2.13. The Balaban J connectivity index is -0.000000720. The van der Waals surface area contributed by atoms with Crippen molar-refractivity contribution in [1.29, 1.82) is 0 Å². The molecule has 0 aliphatic carbocycles. The molecule has 0 rings (SSSR count). The summed E-state index contributed by atoms with van der Waals surface area (Å²) in [5.74, 6) is -4.21. The van der Waals surface area contributed by atoms with Crippen molar-refractivity contribution < 1.29 is 65.4 Å². The molecule has 0 spiro atoms. The van der Waals surface area contributed by atoms with Crippen LogP contribution in [0.3, 0.4) is 0 Å². The molecule has 7 nitrogen and oxygen atoms in total. The Morgan fingerprint density at radius 3 is 1.93 bits per heavy atom. The van der Waals surface area contributed by atoms with E-state index in [-0.39, 0.29) is 31.0 Å². The third-order valence-corrected chi connectivity index (χ3v) is 1.04. The quantitative estimate of drug-likeness (QED) is 0.388. The second-order valence-corrected chi connectivity index (χ2v) is 2.13. The molecule has 1 unspecified atom stereocenters. The van der Waals surface area contributed by atoms with Crippen LogP contribution in [-0.2, 0) is 19.1 Å². The molecule has 0 aromatic heterocycles. The van der Waals surface area contributed by atoms with Gasteiger partial charge in [-0.3, -0.25) is 4.79 Å². The molecule has 0 aromatic carbocycles. The Kier molecular flexibility index (Phi) is 8.75. The van der Waals surface area contributed by atoms with E-state index in [2.05, 4.69) is 4.74 Å². The zero-order valence-electron chi connectivity index (χ0n) is 8.47. The number of rotatable bonds is 6. The van der Waals surface area contributed by atoms with Crippen LogP contribution in [0.25, 0.3) is 0 Å². The summed E-state index contributed by atoms with van der Waals surface area (Å²) in [6.07, 6.45) is -2.38. The van der Waals surface area contributed by atoms with Crippen LogP contribution in [0, 0.1) is 0 Å². The third-order valence-electron chi connectivity index (χ3n) is 1.04. The molecule has 0 fully saturated rings. The number of ether oxygens (including phenoxy) is 1. The Hall–Kier alpha value is -0.630. The van der Waals surface area contributed by atoms with Crippen molar-refractivity contribution in [3.8, 4) is 0 Å². The van der Waals surface area contributed by atoms with Crippen LogP contribution >= 0.6 is 0 Å². The maximum atomic E-state index is 10.3. The Labute approximate surface area is 102 Å². The van der Waals surface area contributed by atoms with Crippen molar-refractivity contribution in [3.05, 3.63) is 0 Å². The molecule has 76 valence electrons. The van der Waals surface area contributed by atoms with E-state index in [1.807, 2.05) is 0 Å². The molecular formula is C6H9NaO7. The molecule has 0 aromatic rings. The molecule has 1 atom stereocenters. The number of carboxylic acids is 3. The zero-order chi connectivity index (χ0) is 10.4. The van der Waals surface area contributed by atoms with Crippen LogP contribution in [0.5, 0.6) is 0 Å². The monoisotopic (exact) mass is 216 g/mol. The third kappa shape index (κ3) is 7.99. The van der Waals surface area contributed by atoms with Crippen molar-refractivity contribution in [2.45, 2.75) is 12.5 Å². The van der Waals surface area contributed by atoms with Crippen molar-refractivity contribution in [2.75, 3.05) is 6.61 Å². The van der Waals surface area contributed by atoms with Gasteiger partial charge in [-0.05, 0) is 0 Å². The summed E-state index contributed by atoms with van der Waals surface area (Å²) in [5, 5.41) is 24.7. The van der Waals surface area contributed by atoms with Crippen molar-refractivity contribution in [3.63, 3.8) is 0 Å². The molecule has 14 heavy (non-hydrogen) atoms. The van der Waals surface area contributed by atoms with Crippen LogP contribution in [-0.4, -0.2) is 45.9 Å². The van der Waals surface area contributed by atoms with Crippen LogP contribution in [0.15, 0.2) is 0 Å². The van der Waals surface area contributed by atoms with Gasteiger partial charge in [0.15, 0.2) is 6.10 Å². The molecule has 3 N–H and O–H groups in total. The van der Waals surface area contributed by atoms with Crippen LogP contribution < -0.4 is 29.6 Å². The first-order valence-corrected chi connectivity index (χ1v) is 3.21. The van der Waals surface area contributed by atoms with Gasteiger partial charge in [-0.15, -0.1) is 0 Å². The van der Waals surface area contributed by atoms with E-state index in [0.717, 1.165) is 0 Å². The van der Waals surface area contributed by atoms with Gasteiger partial charge in [0.1, 0.15) is 6.61 Å². The molecule has 0 aliphatic heterocycles. The van der Waals surface area contributed by atoms with Gasteiger partial charge in [-0.2, -0.15) is 0 Å². The van der Waals surface area contributed by atoms with Gasteiger partial charge >= 0.3 is 47.5 Å². The topological polar surface area (TPSA) is 121 Å². The maximum absolute atomic E-state index is 10.3. The first kappa shape index (κ1) is 15.8. The van der Waals surface area contributed by atoms with Gasteiger partial charge in [0.05, 0.1) is 6.42 Å². The number of hydrogen-bond acceptors (Lipinski definition) is 4. The number of aliphatic carboxylic acids is 3. The minimum Gasteiger partial charge on any atom is -1.00 e. The molecule has 0 amide bonds. The first-order valence-electron chi connectivity index (χ1n) is 3.21. The van der Waals surface area contributed by atoms with Crippen LogP contribution in [0.4, 0.5) is 0 Å². The number of hydrogen-bond donors (Lipinski definition) is 3. The Bertz CT molecular complexity index is 232. The van der Waals surface area contributed by atoms with Crippen molar-refractivity contribution in [2.24, 2.45) is 0 Å². The predicted octanol–water partition coefficient (Wildman–Crippen LogP) is -3.87. The van der Waals surface area contributed by atoms with E-state index >= 15 is 0 Å². The fraction of sp³-hybridized carbons (Fsp3) is 0.500. The Morgan fingerprint density at radius 1 is 1.14 bits per heavy atom. The van der Waals surface area contributed by atoms with Gasteiger partial charge in [-0.25, -0.2) is 9.59 Å². The first-order chi connectivity index (χ1) is 5.93. The number of carboxylic acid groups (broad SMARTS) is 3. The molecule has 0 heterocycles. The fourth-order valence-electron chi connectivity index (χ4n) is 0.548. The Morgan fingerprint density at radius 2 is 1.64 bits per heavy atom. The fourth-order valence-corrected chi connectivity index (χ4v) is 0.548. The van der Waals surface area contributed by atoms with Gasteiger partial charge in [0, 0.05) is 0 Å². The summed E-state index contributed by atoms with van der Waals surface area (Å²) in [5.41, 5.74) is 0. The molecule has 0 bridgehead atoms. The summed E-state index contributed by atoms with van der Waals surface area (Å²) in [6.45, 7) is -0.829. The number of carbonyl (C=O) groups is 3. The molecule has 0 saturated heterocycles. The molecule has 0 radical (unpaired) electrons. The van der Waals surface area contributed by atoms with E-state index < -0.39 is 37.0 Å². The van der Waals surface area contributed by atoms with E-state index in [4.69, 9.17) is 15.3 Å².